The van der Waals surface area contributed by atoms with Gasteiger partial charge in [-0.25, -0.2) is 4.79 Å². The van der Waals surface area contributed by atoms with Crippen molar-refractivity contribution in [2.75, 3.05) is 5.32 Å². The number of fused-ring (bicyclic) bond motifs is 1. The Kier molecular flexibility index (Phi) is 3.39. The van der Waals surface area contributed by atoms with Crippen LogP contribution in [0.1, 0.15) is 15.9 Å². The summed E-state index contributed by atoms with van der Waals surface area (Å²) in [5.41, 5.74) is 3.22. The molecule has 106 valence electrons. The average Bonchev–Trinajstić information content (AvgIpc) is 2.80. The predicted molar refractivity (Wildman–Crippen MR) is 85.8 cm³/mol. The Hall–Kier alpha value is -2.34. The SMILES string of the molecule is Cc1ccc(Br)cc1C(=O)Nc1ccc2[nH]c(=O)[nH]c2c1. The summed E-state index contributed by atoms with van der Waals surface area (Å²) in [6.07, 6.45) is 0. The highest BCUT2D eigenvalue weighted by Crippen LogP contribution is 2.19. The molecule has 0 bridgehead atoms. The fourth-order valence-corrected chi connectivity index (χ4v) is 2.51. The van der Waals surface area contributed by atoms with E-state index >= 15 is 0 Å². The monoisotopic (exact) mass is 345 g/mol. The van der Waals surface area contributed by atoms with Gasteiger partial charge in [-0.3, -0.25) is 4.79 Å². The zero-order valence-corrected chi connectivity index (χ0v) is 12.7. The van der Waals surface area contributed by atoms with E-state index in [9.17, 15) is 9.59 Å². The van der Waals surface area contributed by atoms with Gasteiger partial charge in [0.25, 0.3) is 5.91 Å². The summed E-state index contributed by atoms with van der Waals surface area (Å²) < 4.78 is 0.851. The summed E-state index contributed by atoms with van der Waals surface area (Å²) >= 11 is 3.36. The zero-order chi connectivity index (χ0) is 15.0. The van der Waals surface area contributed by atoms with Crippen LogP contribution in [0.5, 0.6) is 0 Å². The topological polar surface area (TPSA) is 77.8 Å². The van der Waals surface area contributed by atoms with E-state index in [0.29, 0.717) is 22.3 Å². The minimum Gasteiger partial charge on any atom is -0.322 e. The maximum absolute atomic E-state index is 12.3. The van der Waals surface area contributed by atoms with E-state index in [0.717, 1.165) is 10.0 Å². The van der Waals surface area contributed by atoms with Crippen LogP contribution < -0.4 is 11.0 Å². The summed E-state index contributed by atoms with van der Waals surface area (Å²) in [6, 6.07) is 10.8. The lowest BCUT2D eigenvalue weighted by molar-refractivity contribution is 0.102. The minimum atomic E-state index is -0.267. The van der Waals surface area contributed by atoms with Crippen molar-refractivity contribution in [2.24, 2.45) is 0 Å². The molecule has 0 atom stereocenters. The number of halogens is 1. The average molecular weight is 346 g/mol. The molecule has 0 saturated heterocycles. The van der Waals surface area contributed by atoms with Gasteiger partial charge >= 0.3 is 5.69 Å². The van der Waals surface area contributed by atoms with Gasteiger partial charge in [0.2, 0.25) is 0 Å². The van der Waals surface area contributed by atoms with Gasteiger partial charge in [-0.2, -0.15) is 0 Å². The first-order chi connectivity index (χ1) is 10.0. The molecular weight excluding hydrogens is 334 g/mol. The van der Waals surface area contributed by atoms with Crippen LogP contribution in [0, 0.1) is 6.92 Å². The highest BCUT2D eigenvalue weighted by atomic mass is 79.9. The van der Waals surface area contributed by atoms with E-state index in [1.54, 1.807) is 24.3 Å². The Bertz CT molecular complexity index is 895. The van der Waals surface area contributed by atoms with Gasteiger partial charge in [0, 0.05) is 15.7 Å². The van der Waals surface area contributed by atoms with Gasteiger partial charge in [0.05, 0.1) is 11.0 Å². The maximum atomic E-state index is 12.3. The molecule has 1 aromatic heterocycles. The second kappa shape index (κ2) is 5.21. The number of aromatic amines is 2. The molecule has 0 radical (unpaired) electrons. The number of aromatic nitrogens is 2. The van der Waals surface area contributed by atoms with Gasteiger partial charge in [0.15, 0.2) is 0 Å². The molecule has 21 heavy (non-hydrogen) atoms. The first-order valence-electron chi connectivity index (χ1n) is 6.32. The summed E-state index contributed by atoms with van der Waals surface area (Å²) in [6.45, 7) is 1.88. The number of rotatable bonds is 2. The van der Waals surface area contributed by atoms with Crippen molar-refractivity contribution in [3.05, 3.63) is 62.5 Å². The Morgan fingerprint density at radius 2 is 1.86 bits per heavy atom. The number of benzene rings is 2. The highest BCUT2D eigenvalue weighted by molar-refractivity contribution is 9.10. The molecule has 2 aromatic carbocycles. The summed E-state index contributed by atoms with van der Waals surface area (Å²) in [5, 5.41) is 2.83. The predicted octanol–water partition coefficient (Wildman–Crippen LogP) is 3.18. The Balaban J connectivity index is 1.92. The van der Waals surface area contributed by atoms with Gasteiger partial charge in [-0.05, 0) is 42.8 Å². The normalized spacial score (nSPS) is 10.8. The molecule has 0 spiro atoms. The van der Waals surface area contributed by atoms with Crippen LogP contribution in [-0.2, 0) is 0 Å². The molecule has 0 saturated carbocycles. The first-order valence-corrected chi connectivity index (χ1v) is 7.12. The lowest BCUT2D eigenvalue weighted by Crippen LogP contribution is -2.13. The van der Waals surface area contributed by atoms with Crippen LogP contribution in [0.4, 0.5) is 5.69 Å². The van der Waals surface area contributed by atoms with Crippen molar-refractivity contribution in [1.29, 1.82) is 0 Å². The Morgan fingerprint density at radius 1 is 1.10 bits per heavy atom. The van der Waals surface area contributed by atoms with Crippen molar-refractivity contribution in [3.8, 4) is 0 Å². The lowest BCUT2D eigenvalue weighted by atomic mass is 10.1. The largest absolute Gasteiger partial charge is 0.323 e. The molecule has 3 aromatic rings. The number of carbonyl (C=O) groups is 1. The third-order valence-corrected chi connectivity index (χ3v) is 3.71. The van der Waals surface area contributed by atoms with E-state index in [2.05, 4.69) is 31.2 Å². The number of hydrogen-bond acceptors (Lipinski definition) is 2. The Labute approximate surface area is 128 Å². The van der Waals surface area contributed by atoms with Crippen molar-refractivity contribution < 1.29 is 4.79 Å². The summed E-state index contributed by atoms with van der Waals surface area (Å²) in [7, 11) is 0. The molecule has 3 rings (SSSR count). The number of amides is 1. The third-order valence-electron chi connectivity index (χ3n) is 3.22. The molecule has 0 unspecified atom stereocenters. The van der Waals surface area contributed by atoms with Gasteiger partial charge in [-0.15, -0.1) is 0 Å². The van der Waals surface area contributed by atoms with Crippen LogP contribution in [0.25, 0.3) is 11.0 Å². The maximum Gasteiger partial charge on any atom is 0.323 e. The second-order valence-electron chi connectivity index (χ2n) is 4.75. The molecule has 0 aliphatic carbocycles. The van der Waals surface area contributed by atoms with E-state index in [1.165, 1.54) is 0 Å². The van der Waals surface area contributed by atoms with Crippen LogP contribution in [-0.4, -0.2) is 15.9 Å². The number of anilines is 1. The van der Waals surface area contributed by atoms with E-state index < -0.39 is 0 Å². The molecule has 0 aliphatic heterocycles. The molecule has 0 aliphatic rings. The molecule has 6 heteroatoms. The number of hydrogen-bond donors (Lipinski definition) is 3. The van der Waals surface area contributed by atoms with Crippen molar-refractivity contribution in [1.82, 2.24) is 9.97 Å². The van der Waals surface area contributed by atoms with Gasteiger partial charge < -0.3 is 15.3 Å². The lowest BCUT2D eigenvalue weighted by Gasteiger charge is -2.08. The summed E-state index contributed by atoms with van der Waals surface area (Å²) in [5.74, 6) is -0.189. The van der Waals surface area contributed by atoms with Crippen LogP contribution in [0.3, 0.4) is 0 Å². The first kappa shape index (κ1) is 13.6. The number of aryl methyl sites for hydroxylation is 1. The van der Waals surface area contributed by atoms with Crippen molar-refractivity contribution in [2.45, 2.75) is 6.92 Å². The van der Waals surface area contributed by atoms with Crippen LogP contribution >= 0.6 is 15.9 Å². The Morgan fingerprint density at radius 3 is 2.67 bits per heavy atom. The highest BCUT2D eigenvalue weighted by Gasteiger charge is 2.10. The van der Waals surface area contributed by atoms with E-state index in [-0.39, 0.29) is 11.6 Å². The van der Waals surface area contributed by atoms with Crippen LogP contribution in [0.2, 0.25) is 0 Å². The fraction of sp³-hybridized carbons (Fsp3) is 0.0667. The number of nitrogens with one attached hydrogen (secondary N) is 3. The van der Waals surface area contributed by atoms with Gasteiger partial charge in [-0.1, -0.05) is 22.0 Å². The molecule has 5 nitrogen and oxygen atoms in total. The molecule has 1 amide bonds. The third kappa shape index (κ3) is 2.75. The van der Waals surface area contributed by atoms with Crippen LogP contribution in [0.15, 0.2) is 45.7 Å². The van der Waals surface area contributed by atoms with Crippen molar-refractivity contribution in [3.63, 3.8) is 0 Å². The van der Waals surface area contributed by atoms with Gasteiger partial charge in [0.1, 0.15) is 0 Å². The number of carbonyl (C=O) groups excluding carboxylic acids is 1. The molecule has 3 N–H and O–H groups in total. The quantitative estimate of drug-likeness (QED) is 0.666. The fourth-order valence-electron chi connectivity index (χ4n) is 2.15. The number of H-pyrrole nitrogens is 2. The molecule has 0 fully saturated rings. The second-order valence-corrected chi connectivity index (χ2v) is 5.67. The molecule has 1 heterocycles. The summed E-state index contributed by atoms with van der Waals surface area (Å²) in [4.78, 5) is 28.9. The zero-order valence-electron chi connectivity index (χ0n) is 11.2. The molecular formula is C15H12BrN3O2. The number of imidazole rings is 1. The van der Waals surface area contributed by atoms with Crippen molar-refractivity contribution >= 4 is 38.6 Å². The minimum absolute atomic E-state index is 0.189. The smallest absolute Gasteiger partial charge is 0.322 e. The van der Waals surface area contributed by atoms with E-state index in [4.69, 9.17) is 0 Å². The standard InChI is InChI=1S/C15H12BrN3O2/c1-8-2-3-9(16)6-11(8)14(20)17-10-4-5-12-13(7-10)19-15(21)18-12/h2-7H,1H3,(H,17,20)(H2,18,19,21). The van der Waals surface area contributed by atoms with E-state index in [1.807, 2.05) is 19.1 Å².